The van der Waals surface area contributed by atoms with Crippen molar-refractivity contribution in [2.45, 2.75) is 6.92 Å². The number of fused-ring (bicyclic) bond motifs is 1. The van der Waals surface area contributed by atoms with E-state index in [1.165, 1.54) is 6.92 Å². The van der Waals surface area contributed by atoms with Crippen LogP contribution in [0.3, 0.4) is 0 Å². The normalized spacial score (nSPS) is 10.4. The Morgan fingerprint density at radius 3 is 3.00 bits per heavy atom. The summed E-state index contributed by atoms with van der Waals surface area (Å²) in [5, 5.41) is 0. The van der Waals surface area contributed by atoms with E-state index in [0.717, 1.165) is 5.52 Å². The molecule has 0 fully saturated rings. The average Bonchev–Trinajstić information content (AvgIpc) is 2.49. The lowest BCUT2D eigenvalue weighted by Crippen LogP contribution is -1.94. The molecule has 0 aromatic carbocycles. The number of carbonyl (C=O) groups excluding carboxylic acids is 1. The summed E-state index contributed by atoms with van der Waals surface area (Å²) in [6.45, 7) is 1.49. The number of Topliss-reactive ketones (excluding diaryl/α,β-unsaturated/α-hetero) is 1. The highest BCUT2D eigenvalue weighted by atomic mass is 16.3. The van der Waals surface area contributed by atoms with E-state index in [4.69, 9.17) is 4.42 Å². The number of hydrogen-bond acceptors (Lipinski definition) is 3. The summed E-state index contributed by atoms with van der Waals surface area (Å²) in [6.07, 6.45) is 1.56. The minimum atomic E-state index is -0.0295. The number of ketones is 1. The Bertz CT molecular complexity index is 431. The topological polar surface area (TPSA) is 43.1 Å². The molecule has 60 valence electrons. The summed E-state index contributed by atoms with van der Waals surface area (Å²) in [7, 11) is 0. The standard InChI is InChI=1S/C9H7NO2/c1-6(11)7-2-3-9-8(10-7)4-5-12-9/h2-5H,1H3. The third-order valence-electron chi connectivity index (χ3n) is 1.67. The lowest BCUT2D eigenvalue weighted by Gasteiger charge is -1.92. The van der Waals surface area contributed by atoms with Gasteiger partial charge in [-0.1, -0.05) is 0 Å². The van der Waals surface area contributed by atoms with Crippen LogP contribution in [-0.4, -0.2) is 10.8 Å². The second kappa shape index (κ2) is 2.44. The summed E-state index contributed by atoms with van der Waals surface area (Å²) in [4.78, 5) is 15.0. The largest absolute Gasteiger partial charge is 0.463 e. The van der Waals surface area contributed by atoms with Gasteiger partial charge in [0.15, 0.2) is 11.4 Å². The smallest absolute Gasteiger partial charge is 0.178 e. The van der Waals surface area contributed by atoms with Crippen LogP contribution in [0.2, 0.25) is 0 Å². The molecule has 12 heavy (non-hydrogen) atoms. The Hall–Kier alpha value is -1.64. The van der Waals surface area contributed by atoms with Gasteiger partial charge in [-0.15, -0.1) is 0 Å². The van der Waals surface area contributed by atoms with E-state index in [2.05, 4.69) is 4.98 Å². The fourth-order valence-electron chi connectivity index (χ4n) is 1.05. The lowest BCUT2D eigenvalue weighted by atomic mass is 10.2. The van der Waals surface area contributed by atoms with E-state index < -0.39 is 0 Å². The van der Waals surface area contributed by atoms with Gasteiger partial charge in [-0.05, 0) is 12.1 Å². The monoisotopic (exact) mass is 161 g/mol. The minimum Gasteiger partial charge on any atom is -0.463 e. The molecule has 3 nitrogen and oxygen atoms in total. The first-order valence-corrected chi connectivity index (χ1v) is 3.62. The molecule has 2 aromatic rings. The maximum Gasteiger partial charge on any atom is 0.178 e. The van der Waals surface area contributed by atoms with Gasteiger partial charge in [0.1, 0.15) is 11.2 Å². The van der Waals surface area contributed by atoms with Gasteiger partial charge in [0, 0.05) is 13.0 Å². The summed E-state index contributed by atoms with van der Waals surface area (Å²) < 4.78 is 5.08. The van der Waals surface area contributed by atoms with Crippen LogP contribution >= 0.6 is 0 Å². The molecule has 0 N–H and O–H groups in total. The highest BCUT2D eigenvalue weighted by Gasteiger charge is 2.03. The number of pyridine rings is 1. The number of nitrogens with zero attached hydrogens (tertiary/aromatic N) is 1. The number of rotatable bonds is 1. The van der Waals surface area contributed by atoms with Crippen LogP contribution in [0.5, 0.6) is 0 Å². The van der Waals surface area contributed by atoms with Crippen LogP contribution in [0.15, 0.2) is 28.9 Å². The molecule has 0 unspecified atom stereocenters. The summed E-state index contributed by atoms with van der Waals surface area (Å²) in [5.74, 6) is -0.0295. The SMILES string of the molecule is CC(=O)c1ccc2occc2n1. The van der Waals surface area contributed by atoms with Gasteiger partial charge in [-0.2, -0.15) is 0 Å². The van der Waals surface area contributed by atoms with Gasteiger partial charge in [-0.25, -0.2) is 4.98 Å². The third kappa shape index (κ3) is 0.993. The molecule has 0 saturated carbocycles. The Morgan fingerprint density at radius 1 is 1.42 bits per heavy atom. The van der Waals surface area contributed by atoms with Gasteiger partial charge in [0.05, 0.1) is 6.26 Å². The second-order valence-electron chi connectivity index (χ2n) is 2.56. The molecule has 0 aliphatic heterocycles. The molecule has 0 bridgehead atoms. The predicted molar refractivity (Wildman–Crippen MR) is 44.0 cm³/mol. The van der Waals surface area contributed by atoms with Gasteiger partial charge in [-0.3, -0.25) is 4.79 Å². The van der Waals surface area contributed by atoms with Crippen molar-refractivity contribution in [1.82, 2.24) is 4.98 Å². The first-order chi connectivity index (χ1) is 5.77. The van der Waals surface area contributed by atoms with Crippen LogP contribution in [0, 0.1) is 0 Å². The van der Waals surface area contributed by atoms with E-state index in [0.29, 0.717) is 11.3 Å². The highest BCUT2D eigenvalue weighted by Crippen LogP contribution is 2.13. The van der Waals surface area contributed by atoms with Crippen LogP contribution in [0.4, 0.5) is 0 Å². The molecule has 0 aliphatic carbocycles. The van der Waals surface area contributed by atoms with Crippen molar-refractivity contribution in [2.75, 3.05) is 0 Å². The number of aromatic nitrogens is 1. The Balaban J connectivity index is 2.68. The van der Waals surface area contributed by atoms with E-state index in [9.17, 15) is 4.79 Å². The molecule has 2 aromatic heterocycles. The van der Waals surface area contributed by atoms with E-state index >= 15 is 0 Å². The summed E-state index contributed by atoms with van der Waals surface area (Å²) in [6, 6.07) is 5.15. The zero-order valence-corrected chi connectivity index (χ0v) is 6.57. The van der Waals surface area contributed by atoms with Crippen molar-refractivity contribution in [2.24, 2.45) is 0 Å². The zero-order chi connectivity index (χ0) is 8.55. The zero-order valence-electron chi connectivity index (χ0n) is 6.57. The molecule has 0 atom stereocenters. The van der Waals surface area contributed by atoms with Crippen molar-refractivity contribution < 1.29 is 9.21 Å². The number of furan rings is 1. The van der Waals surface area contributed by atoms with Gasteiger partial charge in [0.25, 0.3) is 0 Å². The summed E-state index contributed by atoms with van der Waals surface area (Å²) in [5.41, 5.74) is 1.91. The van der Waals surface area contributed by atoms with Gasteiger partial charge >= 0.3 is 0 Å². The fourth-order valence-corrected chi connectivity index (χ4v) is 1.05. The minimum absolute atomic E-state index is 0.0295. The molecule has 0 saturated heterocycles. The third-order valence-corrected chi connectivity index (χ3v) is 1.67. The molecular formula is C9H7NO2. The van der Waals surface area contributed by atoms with E-state index in [1.807, 2.05) is 0 Å². The quantitative estimate of drug-likeness (QED) is 0.601. The van der Waals surface area contributed by atoms with Crippen molar-refractivity contribution >= 4 is 16.9 Å². The van der Waals surface area contributed by atoms with E-state index in [-0.39, 0.29) is 5.78 Å². The molecule has 0 spiro atoms. The molecule has 0 radical (unpaired) electrons. The fraction of sp³-hybridized carbons (Fsp3) is 0.111. The Labute approximate surface area is 69.0 Å². The van der Waals surface area contributed by atoms with Crippen molar-refractivity contribution in [1.29, 1.82) is 0 Å². The maximum absolute atomic E-state index is 10.9. The first-order valence-electron chi connectivity index (χ1n) is 3.62. The predicted octanol–water partition coefficient (Wildman–Crippen LogP) is 2.03. The average molecular weight is 161 g/mol. The van der Waals surface area contributed by atoms with Crippen molar-refractivity contribution in [3.63, 3.8) is 0 Å². The van der Waals surface area contributed by atoms with Crippen LogP contribution in [0.1, 0.15) is 17.4 Å². The Morgan fingerprint density at radius 2 is 2.25 bits per heavy atom. The van der Waals surface area contributed by atoms with Crippen LogP contribution < -0.4 is 0 Å². The van der Waals surface area contributed by atoms with Gasteiger partial charge < -0.3 is 4.42 Å². The molecular weight excluding hydrogens is 154 g/mol. The molecule has 2 heterocycles. The van der Waals surface area contributed by atoms with Crippen LogP contribution in [-0.2, 0) is 0 Å². The second-order valence-corrected chi connectivity index (χ2v) is 2.56. The van der Waals surface area contributed by atoms with Crippen molar-refractivity contribution in [3.05, 3.63) is 30.2 Å². The molecule has 0 aliphatic rings. The maximum atomic E-state index is 10.9. The van der Waals surface area contributed by atoms with E-state index in [1.54, 1.807) is 24.5 Å². The number of hydrogen-bond donors (Lipinski definition) is 0. The van der Waals surface area contributed by atoms with Crippen molar-refractivity contribution in [3.8, 4) is 0 Å². The Kier molecular flexibility index (Phi) is 1.43. The molecule has 3 heteroatoms. The molecule has 2 rings (SSSR count). The summed E-state index contributed by atoms with van der Waals surface area (Å²) >= 11 is 0. The number of carbonyl (C=O) groups is 1. The van der Waals surface area contributed by atoms with Crippen LogP contribution in [0.25, 0.3) is 11.1 Å². The first kappa shape index (κ1) is 7.03. The lowest BCUT2D eigenvalue weighted by molar-refractivity contribution is 0.101. The van der Waals surface area contributed by atoms with Gasteiger partial charge in [0.2, 0.25) is 0 Å². The molecule has 0 amide bonds. The highest BCUT2D eigenvalue weighted by molar-refractivity contribution is 5.94.